The predicted molar refractivity (Wildman–Crippen MR) is 95.0 cm³/mol. The summed E-state index contributed by atoms with van der Waals surface area (Å²) in [4.78, 5) is 18.5. The van der Waals surface area contributed by atoms with Gasteiger partial charge in [0.2, 0.25) is 0 Å². The molecule has 7 nitrogen and oxygen atoms in total. The summed E-state index contributed by atoms with van der Waals surface area (Å²) in [6.07, 6.45) is 6.26. The summed E-state index contributed by atoms with van der Waals surface area (Å²) >= 11 is 0. The van der Waals surface area contributed by atoms with Crippen molar-refractivity contribution in [3.63, 3.8) is 0 Å². The van der Waals surface area contributed by atoms with Crippen LogP contribution >= 0.6 is 0 Å². The molecule has 3 rings (SSSR count). The van der Waals surface area contributed by atoms with Gasteiger partial charge in [-0.3, -0.25) is 14.7 Å². The van der Waals surface area contributed by atoms with Crippen molar-refractivity contribution in [1.82, 2.24) is 30.0 Å². The molecule has 0 atom stereocenters. The van der Waals surface area contributed by atoms with Gasteiger partial charge < -0.3 is 9.88 Å². The third-order valence-corrected chi connectivity index (χ3v) is 4.51. The molecule has 7 heteroatoms. The van der Waals surface area contributed by atoms with Crippen molar-refractivity contribution < 1.29 is 4.79 Å². The maximum absolute atomic E-state index is 12.2. The van der Waals surface area contributed by atoms with Crippen molar-refractivity contribution in [3.8, 4) is 0 Å². The zero-order valence-electron chi connectivity index (χ0n) is 14.8. The van der Waals surface area contributed by atoms with Crippen molar-refractivity contribution in [3.05, 3.63) is 53.4 Å². The SMILES string of the molecule is C/C=C(\C)CN1CCc2nnc(CNC(=O)c3ccncc3)n2CC1. The van der Waals surface area contributed by atoms with Crippen LogP contribution in [0.1, 0.15) is 35.9 Å². The zero-order chi connectivity index (χ0) is 17.6. The van der Waals surface area contributed by atoms with Gasteiger partial charge in [0.15, 0.2) is 5.82 Å². The number of nitrogens with one attached hydrogen (secondary N) is 1. The molecule has 1 aliphatic heterocycles. The third kappa shape index (κ3) is 4.30. The molecule has 1 aliphatic rings. The number of aromatic nitrogens is 4. The molecule has 0 saturated heterocycles. The van der Waals surface area contributed by atoms with Crippen LogP contribution in [-0.2, 0) is 19.5 Å². The monoisotopic (exact) mass is 340 g/mol. The van der Waals surface area contributed by atoms with Crippen molar-refractivity contribution in [2.75, 3.05) is 19.6 Å². The van der Waals surface area contributed by atoms with Crippen molar-refractivity contribution in [2.45, 2.75) is 33.4 Å². The number of amides is 1. The molecule has 132 valence electrons. The molecule has 1 N–H and O–H groups in total. The molecule has 0 aliphatic carbocycles. The number of hydrogen-bond acceptors (Lipinski definition) is 5. The fourth-order valence-electron chi connectivity index (χ4n) is 2.92. The van der Waals surface area contributed by atoms with Crippen LogP contribution in [0.2, 0.25) is 0 Å². The molecule has 0 unspecified atom stereocenters. The zero-order valence-corrected chi connectivity index (χ0v) is 14.8. The fraction of sp³-hybridized carbons (Fsp3) is 0.444. The summed E-state index contributed by atoms with van der Waals surface area (Å²) in [5.74, 6) is 1.68. The minimum Gasteiger partial charge on any atom is -0.345 e. The highest BCUT2D eigenvalue weighted by Gasteiger charge is 2.19. The first-order valence-electron chi connectivity index (χ1n) is 8.60. The lowest BCUT2D eigenvalue weighted by Gasteiger charge is -2.19. The lowest BCUT2D eigenvalue weighted by Crippen LogP contribution is -2.29. The van der Waals surface area contributed by atoms with E-state index in [1.807, 2.05) is 0 Å². The summed E-state index contributed by atoms with van der Waals surface area (Å²) in [5, 5.41) is 11.5. The van der Waals surface area contributed by atoms with Gasteiger partial charge in [0.25, 0.3) is 5.91 Å². The number of allylic oxidation sites excluding steroid dienone is 1. The Morgan fingerprint density at radius 2 is 2.04 bits per heavy atom. The van der Waals surface area contributed by atoms with Gasteiger partial charge in [-0.2, -0.15) is 0 Å². The van der Waals surface area contributed by atoms with Gasteiger partial charge in [0.05, 0.1) is 6.54 Å². The molecular formula is C18H24N6O. The van der Waals surface area contributed by atoms with Gasteiger partial charge in [0.1, 0.15) is 5.82 Å². The second-order valence-electron chi connectivity index (χ2n) is 6.26. The summed E-state index contributed by atoms with van der Waals surface area (Å²) in [6.45, 7) is 8.38. The summed E-state index contributed by atoms with van der Waals surface area (Å²) in [6, 6.07) is 3.39. The Kier molecular flexibility index (Phi) is 5.55. The first kappa shape index (κ1) is 17.3. The topological polar surface area (TPSA) is 75.9 Å². The van der Waals surface area contributed by atoms with Crippen LogP contribution in [0, 0.1) is 0 Å². The van der Waals surface area contributed by atoms with E-state index in [0.717, 1.165) is 44.2 Å². The average Bonchev–Trinajstić information content (AvgIpc) is 2.93. The molecular weight excluding hydrogens is 316 g/mol. The number of carbonyl (C=O) groups is 1. The first-order valence-corrected chi connectivity index (χ1v) is 8.60. The number of nitrogens with zero attached hydrogens (tertiary/aromatic N) is 5. The number of fused-ring (bicyclic) bond motifs is 1. The van der Waals surface area contributed by atoms with E-state index in [1.54, 1.807) is 24.5 Å². The van der Waals surface area contributed by atoms with E-state index in [0.29, 0.717) is 12.1 Å². The highest BCUT2D eigenvalue weighted by atomic mass is 16.1. The Hall–Kier alpha value is -2.54. The normalized spacial score (nSPS) is 15.5. The minimum absolute atomic E-state index is 0.126. The van der Waals surface area contributed by atoms with Crippen LogP contribution in [0.15, 0.2) is 36.2 Å². The Bertz CT molecular complexity index is 752. The van der Waals surface area contributed by atoms with Gasteiger partial charge in [-0.25, -0.2) is 0 Å². The molecule has 2 aromatic rings. The Morgan fingerprint density at radius 1 is 1.24 bits per heavy atom. The smallest absolute Gasteiger partial charge is 0.251 e. The highest BCUT2D eigenvalue weighted by molar-refractivity contribution is 5.93. The molecule has 2 aromatic heterocycles. The predicted octanol–water partition coefficient (Wildman–Crippen LogP) is 1.43. The lowest BCUT2D eigenvalue weighted by atomic mass is 10.2. The summed E-state index contributed by atoms with van der Waals surface area (Å²) in [7, 11) is 0. The van der Waals surface area contributed by atoms with E-state index < -0.39 is 0 Å². The maximum atomic E-state index is 12.2. The number of rotatable bonds is 5. The summed E-state index contributed by atoms with van der Waals surface area (Å²) in [5.41, 5.74) is 1.97. The van der Waals surface area contributed by atoms with Gasteiger partial charge >= 0.3 is 0 Å². The number of carbonyl (C=O) groups excluding carboxylic acids is 1. The van der Waals surface area contributed by atoms with Crippen molar-refractivity contribution in [2.24, 2.45) is 0 Å². The molecule has 3 heterocycles. The van der Waals surface area contributed by atoms with Crippen molar-refractivity contribution >= 4 is 5.91 Å². The highest BCUT2D eigenvalue weighted by Crippen LogP contribution is 2.11. The molecule has 0 aromatic carbocycles. The van der Waals surface area contributed by atoms with Crippen molar-refractivity contribution in [1.29, 1.82) is 0 Å². The van der Waals surface area contributed by atoms with E-state index in [4.69, 9.17) is 0 Å². The van der Waals surface area contributed by atoms with Gasteiger partial charge in [0, 0.05) is 50.6 Å². The lowest BCUT2D eigenvalue weighted by molar-refractivity contribution is 0.0949. The van der Waals surface area contributed by atoms with E-state index in [2.05, 4.69) is 49.9 Å². The number of pyridine rings is 1. The van der Waals surface area contributed by atoms with E-state index in [1.165, 1.54) is 5.57 Å². The molecule has 25 heavy (non-hydrogen) atoms. The largest absolute Gasteiger partial charge is 0.345 e. The molecule has 0 bridgehead atoms. The Labute approximate surface area is 147 Å². The average molecular weight is 340 g/mol. The van der Waals surface area contributed by atoms with E-state index >= 15 is 0 Å². The molecule has 0 spiro atoms. The molecule has 0 fully saturated rings. The van der Waals surface area contributed by atoms with Crippen LogP contribution < -0.4 is 5.32 Å². The van der Waals surface area contributed by atoms with Gasteiger partial charge in [-0.05, 0) is 26.0 Å². The minimum atomic E-state index is -0.126. The standard InChI is InChI=1S/C18H24N6O/c1-3-14(2)13-23-9-6-16-21-22-17(24(16)11-10-23)12-20-18(25)15-4-7-19-8-5-15/h3-5,7-8H,6,9-13H2,1-2H3,(H,20,25)/b14-3+. The van der Waals surface area contributed by atoms with Crippen LogP contribution in [-0.4, -0.2) is 50.2 Å². The quantitative estimate of drug-likeness (QED) is 0.833. The molecule has 1 amide bonds. The first-order chi connectivity index (χ1) is 12.2. The summed E-state index contributed by atoms with van der Waals surface area (Å²) < 4.78 is 2.14. The van der Waals surface area contributed by atoms with E-state index in [-0.39, 0.29) is 5.91 Å². The Balaban J connectivity index is 1.61. The second kappa shape index (κ2) is 8.02. The van der Waals surface area contributed by atoms with Crippen LogP contribution in [0.4, 0.5) is 0 Å². The molecule has 0 radical (unpaired) electrons. The Morgan fingerprint density at radius 3 is 2.80 bits per heavy atom. The van der Waals surface area contributed by atoms with Gasteiger partial charge in [-0.1, -0.05) is 11.6 Å². The van der Waals surface area contributed by atoms with Gasteiger partial charge in [-0.15, -0.1) is 10.2 Å². The number of hydrogen-bond donors (Lipinski definition) is 1. The van der Waals surface area contributed by atoms with E-state index in [9.17, 15) is 4.79 Å². The second-order valence-corrected chi connectivity index (χ2v) is 6.26. The van der Waals surface area contributed by atoms with Crippen LogP contribution in [0.3, 0.4) is 0 Å². The maximum Gasteiger partial charge on any atom is 0.251 e. The fourth-order valence-corrected chi connectivity index (χ4v) is 2.92. The van der Waals surface area contributed by atoms with Crippen LogP contribution in [0.25, 0.3) is 0 Å². The van der Waals surface area contributed by atoms with Crippen LogP contribution in [0.5, 0.6) is 0 Å². The third-order valence-electron chi connectivity index (χ3n) is 4.51. The molecule has 0 saturated carbocycles.